The minimum atomic E-state index is -1.03. The van der Waals surface area contributed by atoms with Crippen LogP contribution in [-0.4, -0.2) is 101 Å². The quantitative estimate of drug-likeness (QED) is 0.116. The number of fused-ring (bicyclic) bond motifs is 1. The SMILES string of the molecule is Nc1nnc(-c2ccccc2O)cc1N1CCN(Cc2ccc(CCCOCCNc3cccc4c3C(=O)N(C3CCC(=O)NC3=O)C4=O)c(F)c2)CC1. The normalized spacial score (nSPS) is 17.5. The van der Waals surface area contributed by atoms with Gasteiger partial charge in [-0.3, -0.25) is 34.3 Å². The van der Waals surface area contributed by atoms with Gasteiger partial charge in [0.2, 0.25) is 11.8 Å². The second-order valence-corrected chi connectivity index (χ2v) is 13.5. The largest absolute Gasteiger partial charge is 0.507 e. The Labute approximate surface area is 311 Å². The maximum Gasteiger partial charge on any atom is 0.264 e. The summed E-state index contributed by atoms with van der Waals surface area (Å²) in [7, 11) is 0. The van der Waals surface area contributed by atoms with E-state index in [4.69, 9.17) is 10.5 Å². The number of halogens is 1. The minimum absolute atomic E-state index is 0.0537. The van der Waals surface area contributed by atoms with Gasteiger partial charge in [-0.25, -0.2) is 4.39 Å². The first kappa shape index (κ1) is 36.4. The number of rotatable bonds is 13. The molecule has 5 N–H and O–H groups in total. The lowest BCUT2D eigenvalue weighted by molar-refractivity contribution is -0.136. The number of nitrogens with one attached hydrogen (secondary N) is 2. The van der Waals surface area contributed by atoms with E-state index in [-0.39, 0.29) is 35.5 Å². The number of nitrogens with zero attached hydrogens (tertiary/aromatic N) is 5. The first-order valence-corrected chi connectivity index (χ1v) is 18.0. The lowest BCUT2D eigenvalue weighted by Gasteiger charge is -2.36. The molecule has 54 heavy (non-hydrogen) atoms. The number of aromatic nitrogens is 2. The third kappa shape index (κ3) is 7.72. The number of hydrogen-bond acceptors (Lipinski definition) is 12. The molecule has 1 atom stereocenters. The van der Waals surface area contributed by atoms with Crippen LogP contribution in [0, 0.1) is 5.82 Å². The van der Waals surface area contributed by atoms with Crippen molar-refractivity contribution in [2.24, 2.45) is 0 Å². The summed E-state index contributed by atoms with van der Waals surface area (Å²) in [5, 5.41) is 23.9. The molecular weight excluding hydrogens is 695 g/mol. The third-order valence-electron chi connectivity index (χ3n) is 9.98. The fraction of sp³-hybridized carbons (Fsp3) is 0.333. The smallest absolute Gasteiger partial charge is 0.264 e. The van der Waals surface area contributed by atoms with Crippen molar-refractivity contribution in [3.63, 3.8) is 0 Å². The highest BCUT2D eigenvalue weighted by atomic mass is 19.1. The third-order valence-corrected chi connectivity index (χ3v) is 9.98. The Morgan fingerprint density at radius 3 is 2.50 bits per heavy atom. The number of amides is 4. The zero-order valence-corrected chi connectivity index (χ0v) is 29.6. The molecule has 0 bridgehead atoms. The lowest BCUT2D eigenvalue weighted by atomic mass is 10.0. The van der Waals surface area contributed by atoms with Gasteiger partial charge in [-0.1, -0.05) is 30.3 Å². The number of piperidine rings is 1. The molecule has 7 rings (SSSR count). The Morgan fingerprint density at radius 2 is 1.72 bits per heavy atom. The zero-order valence-electron chi connectivity index (χ0n) is 29.6. The molecule has 3 aromatic carbocycles. The highest BCUT2D eigenvalue weighted by Crippen LogP contribution is 2.33. The monoisotopic (exact) mass is 736 g/mol. The molecule has 0 radical (unpaired) electrons. The van der Waals surface area contributed by atoms with Gasteiger partial charge in [0.25, 0.3) is 11.8 Å². The second-order valence-electron chi connectivity index (χ2n) is 13.5. The van der Waals surface area contributed by atoms with Crippen LogP contribution < -0.4 is 21.3 Å². The number of carbonyl (C=O) groups excluding carboxylic acids is 4. The number of phenols is 1. The molecule has 14 nitrogen and oxygen atoms in total. The number of nitrogen functional groups attached to an aromatic ring is 1. The Bertz CT molecular complexity index is 2090. The molecule has 15 heteroatoms. The molecule has 4 heterocycles. The summed E-state index contributed by atoms with van der Waals surface area (Å²) < 4.78 is 20.9. The highest BCUT2D eigenvalue weighted by molar-refractivity contribution is 6.25. The van der Waals surface area contributed by atoms with Crippen molar-refractivity contribution < 1.29 is 33.4 Å². The molecule has 3 aliphatic heterocycles. The number of benzene rings is 3. The number of phenolic OH excluding ortho intramolecular Hbond substituents is 1. The number of aryl methyl sites for hydroxylation is 1. The summed E-state index contributed by atoms with van der Waals surface area (Å²) in [4.78, 5) is 55.6. The van der Waals surface area contributed by atoms with Gasteiger partial charge in [-0.05, 0) is 66.8 Å². The van der Waals surface area contributed by atoms with Crippen LogP contribution in [0.2, 0.25) is 0 Å². The molecule has 4 aromatic rings. The van der Waals surface area contributed by atoms with Crippen LogP contribution in [0.5, 0.6) is 5.75 Å². The molecule has 2 saturated heterocycles. The van der Waals surface area contributed by atoms with Crippen molar-refractivity contribution in [2.45, 2.75) is 38.3 Å². The first-order valence-electron chi connectivity index (χ1n) is 18.0. The summed E-state index contributed by atoms with van der Waals surface area (Å²) in [6.45, 7) is 4.64. The van der Waals surface area contributed by atoms with E-state index in [0.29, 0.717) is 80.6 Å². The molecule has 1 aromatic heterocycles. The molecule has 3 aliphatic rings. The predicted molar refractivity (Wildman–Crippen MR) is 198 cm³/mol. The standard InChI is InChI=1S/C39H41FN8O6/c40-28-21-24(23-46-15-17-47(18-16-46)32-22-30(44-45-36(32)41)26-6-1-2-9-33(26)49)10-11-25(28)5-4-19-54-20-14-42-29-8-3-7-27-35(29)39(53)48(38(27)52)31-12-13-34(50)43-37(31)51/h1-3,6-11,21-22,31,42,49H,4-5,12-20,23H2,(H2,41,45)(H,43,50,51). The van der Waals surface area contributed by atoms with Crippen molar-refractivity contribution in [3.8, 4) is 17.0 Å². The minimum Gasteiger partial charge on any atom is -0.507 e. The molecule has 0 aliphatic carbocycles. The summed E-state index contributed by atoms with van der Waals surface area (Å²) in [6.07, 6.45) is 1.28. The van der Waals surface area contributed by atoms with Gasteiger partial charge in [-0.2, -0.15) is 0 Å². The zero-order chi connectivity index (χ0) is 37.8. The Morgan fingerprint density at radius 1 is 0.926 bits per heavy atom. The molecule has 0 saturated carbocycles. The maximum absolute atomic E-state index is 15.1. The van der Waals surface area contributed by atoms with E-state index in [1.165, 1.54) is 0 Å². The van der Waals surface area contributed by atoms with Crippen LogP contribution >= 0.6 is 0 Å². The summed E-state index contributed by atoms with van der Waals surface area (Å²) >= 11 is 0. The van der Waals surface area contributed by atoms with Crippen molar-refractivity contribution in [1.29, 1.82) is 0 Å². The lowest BCUT2D eigenvalue weighted by Crippen LogP contribution is -2.54. The Hall–Kier alpha value is -5.93. The van der Waals surface area contributed by atoms with Crippen LogP contribution in [0.3, 0.4) is 0 Å². The van der Waals surface area contributed by atoms with Crippen molar-refractivity contribution >= 4 is 40.8 Å². The number of aromatic hydroxyl groups is 1. The highest BCUT2D eigenvalue weighted by Gasteiger charge is 2.45. The molecule has 0 spiro atoms. The number of piperazine rings is 1. The number of ether oxygens (including phenoxy) is 1. The van der Waals surface area contributed by atoms with Crippen LogP contribution in [0.4, 0.5) is 21.6 Å². The van der Waals surface area contributed by atoms with Crippen LogP contribution in [0.1, 0.15) is 51.1 Å². The van der Waals surface area contributed by atoms with E-state index in [9.17, 15) is 24.3 Å². The second kappa shape index (κ2) is 16.0. The van der Waals surface area contributed by atoms with E-state index in [2.05, 4.69) is 30.6 Å². The Balaban J connectivity index is 0.833. The van der Waals surface area contributed by atoms with Crippen LogP contribution in [-0.2, 0) is 27.3 Å². The van der Waals surface area contributed by atoms with Gasteiger partial charge in [0.05, 0.1) is 29.1 Å². The van der Waals surface area contributed by atoms with Gasteiger partial charge >= 0.3 is 0 Å². The number of para-hydroxylation sites is 1. The van der Waals surface area contributed by atoms with Crippen molar-refractivity contribution in [3.05, 3.63) is 94.8 Å². The number of nitrogens with two attached hydrogens (primary N) is 1. The molecular formula is C39H41FN8O6. The van der Waals surface area contributed by atoms with Crippen LogP contribution in [0.25, 0.3) is 11.3 Å². The summed E-state index contributed by atoms with van der Waals surface area (Å²) in [6, 6.07) is 18.1. The topological polar surface area (TPSA) is 183 Å². The number of carbonyl (C=O) groups is 4. The van der Waals surface area contributed by atoms with Crippen LogP contribution in [0.15, 0.2) is 66.7 Å². The fourth-order valence-electron chi connectivity index (χ4n) is 7.15. The molecule has 4 amide bonds. The van der Waals surface area contributed by atoms with Gasteiger partial charge < -0.3 is 25.8 Å². The van der Waals surface area contributed by atoms with Gasteiger partial charge in [0.1, 0.15) is 17.6 Å². The summed E-state index contributed by atoms with van der Waals surface area (Å²) in [5.74, 6) is -2.01. The number of anilines is 3. The van der Waals surface area contributed by atoms with E-state index in [1.807, 2.05) is 24.3 Å². The van der Waals surface area contributed by atoms with E-state index in [0.717, 1.165) is 29.2 Å². The van der Waals surface area contributed by atoms with Crippen molar-refractivity contribution in [1.82, 2.24) is 25.3 Å². The van der Waals surface area contributed by atoms with Gasteiger partial charge in [0, 0.05) is 63.5 Å². The average molecular weight is 737 g/mol. The fourth-order valence-corrected chi connectivity index (χ4v) is 7.15. The predicted octanol–water partition coefficient (Wildman–Crippen LogP) is 3.36. The molecule has 2 fully saturated rings. The summed E-state index contributed by atoms with van der Waals surface area (Å²) in [5.41, 5.74) is 10.5. The van der Waals surface area contributed by atoms with E-state index < -0.39 is 29.7 Å². The van der Waals surface area contributed by atoms with E-state index in [1.54, 1.807) is 42.5 Å². The first-order chi connectivity index (χ1) is 26.2. The number of hydrogen-bond donors (Lipinski definition) is 4. The maximum atomic E-state index is 15.1. The number of imide groups is 2. The van der Waals surface area contributed by atoms with Gasteiger partial charge in [0.15, 0.2) is 5.82 Å². The molecule has 280 valence electrons. The van der Waals surface area contributed by atoms with Gasteiger partial charge in [-0.15, -0.1) is 10.2 Å². The van der Waals surface area contributed by atoms with Crippen molar-refractivity contribution in [2.75, 3.05) is 61.9 Å². The molecule has 1 unspecified atom stereocenters. The van der Waals surface area contributed by atoms with E-state index >= 15 is 4.39 Å². The average Bonchev–Trinajstić information content (AvgIpc) is 3.42. The Kier molecular flexibility index (Phi) is 10.8.